The Morgan fingerprint density at radius 1 is 1.40 bits per heavy atom. The third-order valence-corrected chi connectivity index (χ3v) is 4.48. The smallest absolute Gasteiger partial charge is 0.325 e. The molecule has 3 rings (SSSR count). The fraction of sp³-hybridized carbons (Fsp3) is 0.562. The first-order chi connectivity index (χ1) is 9.66. The number of carboxylic acid groups (broad SMARTS) is 1. The standard InChI is InChI=1S/C16H21NO3/c1-11-10-13(7-9-20-11)17-8-6-12-4-2-3-5-14(12)15(17)16(18)19/h2-5,11,13,15H,6-10H2,1H3,(H,18,19). The van der Waals surface area contributed by atoms with Crippen molar-refractivity contribution in [3.8, 4) is 0 Å². The third-order valence-electron chi connectivity index (χ3n) is 4.48. The molecule has 0 bridgehead atoms. The molecule has 1 aromatic rings. The summed E-state index contributed by atoms with van der Waals surface area (Å²) < 4.78 is 5.59. The Morgan fingerprint density at radius 2 is 2.20 bits per heavy atom. The van der Waals surface area contributed by atoms with E-state index in [1.54, 1.807) is 0 Å². The third kappa shape index (κ3) is 2.45. The number of hydrogen-bond acceptors (Lipinski definition) is 3. The van der Waals surface area contributed by atoms with Gasteiger partial charge in [-0.25, -0.2) is 0 Å². The molecule has 4 heteroatoms. The van der Waals surface area contributed by atoms with Gasteiger partial charge in [-0.3, -0.25) is 9.69 Å². The van der Waals surface area contributed by atoms with Gasteiger partial charge in [-0.15, -0.1) is 0 Å². The molecule has 1 N–H and O–H groups in total. The molecule has 1 saturated heterocycles. The quantitative estimate of drug-likeness (QED) is 0.899. The predicted molar refractivity (Wildman–Crippen MR) is 75.7 cm³/mol. The fourth-order valence-corrected chi connectivity index (χ4v) is 3.53. The topological polar surface area (TPSA) is 49.8 Å². The minimum atomic E-state index is -0.740. The van der Waals surface area contributed by atoms with Crippen molar-refractivity contribution in [2.75, 3.05) is 13.2 Å². The average Bonchev–Trinajstić information content (AvgIpc) is 2.45. The van der Waals surface area contributed by atoms with E-state index in [0.29, 0.717) is 6.04 Å². The van der Waals surface area contributed by atoms with Crippen LogP contribution in [0.1, 0.15) is 36.9 Å². The van der Waals surface area contributed by atoms with Crippen molar-refractivity contribution in [1.82, 2.24) is 4.90 Å². The molecule has 0 aromatic heterocycles. The lowest BCUT2D eigenvalue weighted by molar-refractivity contribution is -0.146. The lowest BCUT2D eigenvalue weighted by Crippen LogP contribution is -2.49. The van der Waals surface area contributed by atoms with Crippen LogP contribution in [0.5, 0.6) is 0 Å². The number of carboxylic acids is 1. The average molecular weight is 275 g/mol. The second-order valence-corrected chi connectivity index (χ2v) is 5.79. The van der Waals surface area contributed by atoms with E-state index in [1.165, 1.54) is 5.56 Å². The van der Waals surface area contributed by atoms with E-state index in [9.17, 15) is 9.90 Å². The zero-order valence-electron chi connectivity index (χ0n) is 11.8. The molecule has 2 heterocycles. The Hall–Kier alpha value is -1.39. The maximum absolute atomic E-state index is 11.8. The summed E-state index contributed by atoms with van der Waals surface area (Å²) in [4.78, 5) is 13.9. The molecular weight excluding hydrogens is 254 g/mol. The minimum absolute atomic E-state index is 0.223. The molecule has 2 aliphatic heterocycles. The molecule has 4 nitrogen and oxygen atoms in total. The molecule has 3 atom stereocenters. The molecule has 0 spiro atoms. The predicted octanol–water partition coefficient (Wildman–Crippen LogP) is 2.24. The summed E-state index contributed by atoms with van der Waals surface area (Å²) in [5.74, 6) is -0.740. The van der Waals surface area contributed by atoms with Gasteiger partial charge < -0.3 is 9.84 Å². The number of carbonyl (C=O) groups is 1. The largest absolute Gasteiger partial charge is 0.480 e. The van der Waals surface area contributed by atoms with Gasteiger partial charge in [0.05, 0.1) is 6.10 Å². The van der Waals surface area contributed by atoms with Crippen LogP contribution in [0.15, 0.2) is 24.3 Å². The van der Waals surface area contributed by atoms with E-state index < -0.39 is 12.0 Å². The number of nitrogens with zero attached hydrogens (tertiary/aromatic N) is 1. The molecular formula is C16H21NO3. The van der Waals surface area contributed by atoms with Gasteiger partial charge >= 0.3 is 5.97 Å². The maximum atomic E-state index is 11.8. The first kappa shape index (κ1) is 13.6. The van der Waals surface area contributed by atoms with Gasteiger partial charge in [0.1, 0.15) is 6.04 Å². The molecule has 1 fully saturated rings. The van der Waals surface area contributed by atoms with Gasteiger partial charge in [0.15, 0.2) is 0 Å². The maximum Gasteiger partial charge on any atom is 0.325 e. The second kappa shape index (κ2) is 5.54. The highest BCUT2D eigenvalue weighted by molar-refractivity contribution is 5.76. The van der Waals surface area contributed by atoms with Crippen LogP contribution in [-0.4, -0.2) is 41.3 Å². The van der Waals surface area contributed by atoms with E-state index in [-0.39, 0.29) is 6.10 Å². The van der Waals surface area contributed by atoms with Gasteiger partial charge in [0.2, 0.25) is 0 Å². The van der Waals surface area contributed by atoms with Crippen molar-refractivity contribution >= 4 is 5.97 Å². The summed E-state index contributed by atoms with van der Waals surface area (Å²) in [5.41, 5.74) is 2.14. The summed E-state index contributed by atoms with van der Waals surface area (Å²) in [6, 6.07) is 7.75. The highest BCUT2D eigenvalue weighted by atomic mass is 16.5. The number of fused-ring (bicyclic) bond motifs is 1. The molecule has 108 valence electrons. The van der Waals surface area contributed by atoms with Crippen LogP contribution in [0.3, 0.4) is 0 Å². The number of ether oxygens (including phenoxy) is 1. The zero-order chi connectivity index (χ0) is 14.1. The van der Waals surface area contributed by atoms with Crippen molar-refractivity contribution in [3.05, 3.63) is 35.4 Å². The molecule has 0 radical (unpaired) electrons. The van der Waals surface area contributed by atoms with E-state index in [4.69, 9.17) is 4.74 Å². The second-order valence-electron chi connectivity index (χ2n) is 5.79. The molecule has 3 unspecified atom stereocenters. The van der Waals surface area contributed by atoms with Gasteiger partial charge in [-0.1, -0.05) is 24.3 Å². The molecule has 0 saturated carbocycles. The van der Waals surface area contributed by atoms with Crippen molar-refractivity contribution in [3.63, 3.8) is 0 Å². The molecule has 0 aliphatic carbocycles. The highest BCUT2D eigenvalue weighted by Crippen LogP contribution is 2.34. The van der Waals surface area contributed by atoms with E-state index in [2.05, 4.69) is 17.9 Å². The van der Waals surface area contributed by atoms with Crippen molar-refractivity contribution < 1.29 is 14.6 Å². The monoisotopic (exact) mass is 275 g/mol. The Bertz CT molecular complexity index is 502. The highest BCUT2D eigenvalue weighted by Gasteiger charge is 2.38. The Labute approximate surface area is 119 Å². The van der Waals surface area contributed by atoms with Gasteiger partial charge in [0.25, 0.3) is 0 Å². The summed E-state index contributed by atoms with van der Waals surface area (Å²) in [6.07, 6.45) is 3.01. The van der Waals surface area contributed by atoms with Crippen LogP contribution in [0.4, 0.5) is 0 Å². The van der Waals surface area contributed by atoms with Gasteiger partial charge in [0, 0.05) is 19.2 Å². The van der Waals surface area contributed by atoms with Crippen LogP contribution in [0.25, 0.3) is 0 Å². The summed E-state index contributed by atoms with van der Waals surface area (Å²) >= 11 is 0. The Morgan fingerprint density at radius 3 is 2.95 bits per heavy atom. The van der Waals surface area contributed by atoms with E-state index in [0.717, 1.165) is 38.0 Å². The number of hydrogen-bond donors (Lipinski definition) is 1. The van der Waals surface area contributed by atoms with E-state index >= 15 is 0 Å². The first-order valence-corrected chi connectivity index (χ1v) is 7.35. The van der Waals surface area contributed by atoms with E-state index in [1.807, 2.05) is 18.2 Å². The molecule has 2 aliphatic rings. The van der Waals surface area contributed by atoms with Crippen LogP contribution in [-0.2, 0) is 16.0 Å². The molecule has 20 heavy (non-hydrogen) atoms. The SMILES string of the molecule is CC1CC(N2CCc3ccccc3C2C(=O)O)CCO1. The summed E-state index contributed by atoms with van der Waals surface area (Å²) in [7, 11) is 0. The van der Waals surface area contributed by atoms with Crippen LogP contribution >= 0.6 is 0 Å². The van der Waals surface area contributed by atoms with Crippen LogP contribution in [0.2, 0.25) is 0 Å². The van der Waals surface area contributed by atoms with Crippen molar-refractivity contribution in [2.24, 2.45) is 0 Å². The van der Waals surface area contributed by atoms with Crippen molar-refractivity contribution in [1.29, 1.82) is 0 Å². The summed E-state index contributed by atoms with van der Waals surface area (Å²) in [6.45, 7) is 3.63. The number of rotatable bonds is 2. The van der Waals surface area contributed by atoms with Gasteiger partial charge in [-0.05, 0) is 37.3 Å². The molecule has 1 aromatic carbocycles. The fourth-order valence-electron chi connectivity index (χ4n) is 3.53. The number of benzene rings is 1. The normalized spacial score (nSPS) is 30.8. The molecule has 0 amide bonds. The zero-order valence-corrected chi connectivity index (χ0v) is 11.8. The summed E-state index contributed by atoms with van der Waals surface area (Å²) in [5, 5.41) is 9.68. The van der Waals surface area contributed by atoms with Crippen molar-refractivity contribution in [2.45, 2.75) is 44.4 Å². The first-order valence-electron chi connectivity index (χ1n) is 7.35. The Kier molecular flexibility index (Phi) is 3.76. The van der Waals surface area contributed by atoms with Gasteiger partial charge in [-0.2, -0.15) is 0 Å². The lowest BCUT2D eigenvalue weighted by atomic mass is 9.89. The Balaban J connectivity index is 1.90. The number of aliphatic carboxylic acids is 1. The van der Waals surface area contributed by atoms with Crippen LogP contribution in [0, 0.1) is 0 Å². The lowest BCUT2D eigenvalue weighted by Gasteiger charge is -2.42. The van der Waals surface area contributed by atoms with Crippen LogP contribution < -0.4 is 0 Å². The minimum Gasteiger partial charge on any atom is -0.480 e.